The topological polar surface area (TPSA) is 48.7 Å². The van der Waals surface area contributed by atoms with Crippen molar-refractivity contribution in [3.05, 3.63) is 24.7 Å². The molecule has 2 aliphatic heterocycles. The van der Waals surface area contributed by atoms with E-state index in [1.165, 1.54) is 0 Å². The maximum Gasteiger partial charge on any atom is 0.154 e. The number of rotatable bonds is 2. The first-order chi connectivity index (χ1) is 9.42. The smallest absolute Gasteiger partial charge is 0.154 e. The number of nitrogens with zero attached hydrogens (tertiary/aromatic N) is 5. The molecule has 2 saturated heterocycles. The monoisotopic (exact) mass is 258 g/mol. The van der Waals surface area contributed by atoms with Gasteiger partial charge in [0.15, 0.2) is 5.82 Å². The Hall–Kier alpha value is -1.66. The van der Waals surface area contributed by atoms with Crippen LogP contribution in [0.5, 0.6) is 0 Å². The summed E-state index contributed by atoms with van der Waals surface area (Å²) in [5.41, 5.74) is 1.10. The third-order valence-corrected chi connectivity index (χ3v) is 4.19. The van der Waals surface area contributed by atoms with Crippen molar-refractivity contribution in [1.82, 2.24) is 24.8 Å². The van der Waals surface area contributed by atoms with Gasteiger partial charge < -0.3 is 10.2 Å². The first-order valence-corrected chi connectivity index (χ1v) is 6.90. The van der Waals surface area contributed by atoms with E-state index in [0.29, 0.717) is 0 Å². The number of fused-ring (bicyclic) bond motifs is 1. The van der Waals surface area contributed by atoms with Crippen molar-refractivity contribution >= 4 is 11.3 Å². The zero-order chi connectivity index (χ0) is 12.7. The largest absolute Gasteiger partial charge is 0.352 e. The third-order valence-electron chi connectivity index (χ3n) is 4.19. The standard InChI is InChI=1S/C13H18N6/c1-2-16-19-4-3-15-13(12(1)19)18-7-5-17(6-8-18)11-9-14-10-11/h1-4,11,14H,5-10H2. The van der Waals surface area contributed by atoms with Gasteiger partial charge in [0, 0.05) is 57.7 Å². The molecule has 2 fully saturated rings. The minimum Gasteiger partial charge on any atom is -0.352 e. The van der Waals surface area contributed by atoms with Crippen molar-refractivity contribution in [3.63, 3.8) is 0 Å². The Morgan fingerprint density at radius 2 is 1.95 bits per heavy atom. The summed E-state index contributed by atoms with van der Waals surface area (Å²) in [5, 5.41) is 7.61. The normalized spacial score (nSPS) is 21.8. The highest BCUT2D eigenvalue weighted by Crippen LogP contribution is 2.20. The van der Waals surface area contributed by atoms with Gasteiger partial charge in [-0.25, -0.2) is 9.50 Å². The van der Waals surface area contributed by atoms with E-state index in [1.54, 1.807) is 0 Å². The number of aromatic nitrogens is 3. The predicted molar refractivity (Wildman–Crippen MR) is 73.4 cm³/mol. The average Bonchev–Trinajstić information content (AvgIpc) is 2.86. The lowest BCUT2D eigenvalue weighted by Gasteiger charge is -2.43. The van der Waals surface area contributed by atoms with Gasteiger partial charge in [-0.05, 0) is 6.07 Å². The minimum atomic E-state index is 0.751. The molecule has 2 aliphatic rings. The summed E-state index contributed by atoms with van der Waals surface area (Å²) in [6.45, 7) is 6.65. The first kappa shape index (κ1) is 11.2. The zero-order valence-corrected chi connectivity index (χ0v) is 10.9. The third kappa shape index (κ3) is 1.87. The number of anilines is 1. The van der Waals surface area contributed by atoms with E-state index in [0.717, 1.165) is 56.6 Å². The Bertz CT molecular complexity index is 567. The quantitative estimate of drug-likeness (QED) is 0.810. The molecule has 0 spiro atoms. The SMILES string of the molecule is c1cn2nccc2c(N2CCN(C3CNC3)CC2)n1. The van der Waals surface area contributed by atoms with Crippen LogP contribution in [0.4, 0.5) is 5.82 Å². The van der Waals surface area contributed by atoms with Crippen molar-refractivity contribution in [1.29, 1.82) is 0 Å². The van der Waals surface area contributed by atoms with Crippen LogP contribution in [0.15, 0.2) is 24.7 Å². The molecule has 2 aromatic heterocycles. The molecule has 0 aromatic carbocycles. The second-order valence-corrected chi connectivity index (χ2v) is 5.25. The highest BCUT2D eigenvalue weighted by molar-refractivity contribution is 5.68. The molecule has 4 rings (SSSR count). The van der Waals surface area contributed by atoms with Crippen LogP contribution in [0.1, 0.15) is 0 Å². The molecule has 0 radical (unpaired) electrons. The fourth-order valence-electron chi connectivity index (χ4n) is 2.92. The van der Waals surface area contributed by atoms with E-state index in [-0.39, 0.29) is 0 Å². The summed E-state index contributed by atoms with van der Waals surface area (Å²) in [6, 6.07) is 2.78. The van der Waals surface area contributed by atoms with Gasteiger partial charge >= 0.3 is 0 Å². The molecule has 100 valence electrons. The summed E-state index contributed by atoms with van der Waals surface area (Å²) >= 11 is 0. The average molecular weight is 258 g/mol. The van der Waals surface area contributed by atoms with Crippen LogP contribution in [0.25, 0.3) is 5.52 Å². The summed E-state index contributed by atoms with van der Waals surface area (Å²) in [7, 11) is 0. The van der Waals surface area contributed by atoms with Gasteiger partial charge in [-0.2, -0.15) is 5.10 Å². The Labute approximate surface area is 112 Å². The lowest BCUT2D eigenvalue weighted by molar-refractivity contribution is 0.138. The Kier molecular flexibility index (Phi) is 2.63. The summed E-state index contributed by atoms with van der Waals surface area (Å²) in [6.07, 6.45) is 5.56. The maximum atomic E-state index is 4.54. The molecule has 2 aromatic rings. The van der Waals surface area contributed by atoms with Crippen LogP contribution in [-0.4, -0.2) is 64.8 Å². The van der Waals surface area contributed by atoms with Crippen LogP contribution < -0.4 is 10.2 Å². The van der Waals surface area contributed by atoms with Gasteiger partial charge in [0.2, 0.25) is 0 Å². The van der Waals surface area contributed by atoms with E-state index in [9.17, 15) is 0 Å². The van der Waals surface area contributed by atoms with Crippen molar-refractivity contribution in [2.24, 2.45) is 0 Å². The zero-order valence-electron chi connectivity index (χ0n) is 10.9. The van der Waals surface area contributed by atoms with Crippen molar-refractivity contribution in [3.8, 4) is 0 Å². The fourth-order valence-corrected chi connectivity index (χ4v) is 2.92. The first-order valence-electron chi connectivity index (χ1n) is 6.90. The minimum absolute atomic E-state index is 0.751. The van der Waals surface area contributed by atoms with Gasteiger partial charge in [-0.15, -0.1) is 0 Å². The molecule has 0 bridgehead atoms. The van der Waals surface area contributed by atoms with E-state index in [1.807, 2.05) is 29.2 Å². The second-order valence-electron chi connectivity index (χ2n) is 5.25. The molecule has 0 unspecified atom stereocenters. The van der Waals surface area contributed by atoms with Crippen LogP contribution >= 0.6 is 0 Å². The van der Waals surface area contributed by atoms with Crippen molar-refractivity contribution < 1.29 is 0 Å². The van der Waals surface area contributed by atoms with E-state index >= 15 is 0 Å². The Morgan fingerprint density at radius 1 is 1.11 bits per heavy atom. The predicted octanol–water partition coefficient (Wildman–Crippen LogP) is -0.177. The highest BCUT2D eigenvalue weighted by Gasteiger charge is 2.28. The van der Waals surface area contributed by atoms with Gasteiger partial charge in [-0.3, -0.25) is 4.90 Å². The maximum absolute atomic E-state index is 4.54. The van der Waals surface area contributed by atoms with Crippen molar-refractivity contribution in [2.75, 3.05) is 44.2 Å². The number of nitrogens with one attached hydrogen (secondary N) is 1. The van der Waals surface area contributed by atoms with Gasteiger partial charge in [0.25, 0.3) is 0 Å². The Balaban J connectivity index is 1.52. The molecule has 4 heterocycles. The summed E-state index contributed by atoms with van der Waals surface area (Å²) < 4.78 is 1.89. The van der Waals surface area contributed by atoms with E-state index < -0.39 is 0 Å². The lowest BCUT2D eigenvalue weighted by atomic mass is 10.1. The summed E-state index contributed by atoms with van der Waals surface area (Å²) in [5.74, 6) is 1.06. The van der Waals surface area contributed by atoms with E-state index in [2.05, 4.69) is 25.2 Å². The molecule has 19 heavy (non-hydrogen) atoms. The molecule has 6 nitrogen and oxygen atoms in total. The molecule has 0 aliphatic carbocycles. The molecule has 6 heteroatoms. The number of hydrogen-bond donors (Lipinski definition) is 1. The lowest BCUT2D eigenvalue weighted by Crippen LogP contribution is -2.61. The molecular weight excluding hydrogens is 240 g/mol. The molecule has 0 amide bonds. The van der Waals surface area contributed by atoms with Gasteiger partial charge in [0.1, 0.15) is 5.52 Å². The number of piperazine rings is 1. The number of hydrogen-bond acceptors (Lipinski definition) is 5. The molecule has 0 atom stereocenters. The van der Waals surface area contributed by atoms with Crippen LogP contribution in [-0.2, 0) is 0 Å². The molecule has 0 saturated carbocycles. The highest BCUT2D eigenvalue weighted by atomic mass is 15.3. The molecule has 1 N–H and O–H groups in total. The second kappa shape index (κ2) is 4.47. The van der Waals surface area contributed by atoms with Crippen LogP contribution in [0.2, 0.25) is 0 Å². The molecular formula is C13H18N6. The summed E-state index contributed by atoms with van der Waals surface area (Å²) in [4.78, 5) is 9.50. The van der Waals surface area contributed by atoms with Crippen LogP contribution in [0.3, 0.4) is 0 Å². The Morgan fingerprint density at radius 3 is 2.68 bits per heavy atom. The fraction of sp³-hybridized carbons (Fsp3) is 0.538. The van der Waals surface area contributed by atoms with Crippen LogP contribution in [0, 0.1) is 0 Å². The van der Waals surface area contributed by atoms with Gasteiger partial charge in [0.05, 0.1) is 6.20 Å². The van der Waals surface area contributed by atoms with E-state index in [4.69, 9.17) is 0 Å². The van der Waals surface area contributed by atoms with Crippen molar-refractivity contribution in [2.45, 2.75) is 6.04 Å². The van der Waals surface area contributed by atoms with Gasteiger partial charge in [-0.1, -0.05) is 0 Å².